The molecule has 0 spiro atoms. The van der Waals surface area contributed by atoms with Gasteiger partial charge >= 0.3 is 5.51 Å². The molecule has 0 aliphatic rings. The molecular formula is C19H15F3N2O4S2. The quantitative estimate of drug-likeness (QED) is 0.590. The van der Waals surface area contributed by atoms with Crippen LogP contribution in [-0.2, 0) is 25.8 Å². The monoisotopic (exact) mass is 456 g/mol. The van der Waals surface area contributed by atoms with Gasteiger partial charge in [0.2, 0.25) is 5.91 Å². The van der Waals surface area contributed by atoms with Crippen LogP contribution in [0.4, 0.5) is 13.2 Å². The van der Waals surface area contributed by atoms with Gasteiger partial charge in [-0.1, -0.05) is 36.4 Å². The van der Waals surface area contributed by atoms with Gasteiger partial charge in [-0.25, -0.2) is 13.4 Å². The van der Waals surface area contributed by atoms with Crippen LogP contribution in [0.25, 0.3) is 21.3 Å². The second-order valence-electron chi connectivity index (χ2n) is 6.35. The minimum absolute atomic E-state index is 0.181. The average Bonchev–Trinajstić information content (AvgIpc) is 3.07. The van der Waals surface area contributed by atoms with Crippen LogP contribution in [0.5, 0.6) is 0 Å². The van der Waals surface area contributed by atoms with E-state index in [0.29, 0.717) is 10.5 Å². The molecule has 1 aromatic heterocycles. The van der Waals surface area contributed by atoms with Gasteiger partial charge in [0.1, 0.15) is 10.8 Å². The molecule has 1 heterocycles. The Hall–Kier alpha value is -2.79. The Bertz CT molecular complexity index is 1190. The molecule has 11 heteroatoms. The van der Waals surface area contributed by atoms with Crippen LogP contribution in [0.15, 0.2) is 48.5 Å². The molecule has 0 aliphatic carbocycles. The lowest BCUT2D eigenvalue weighted by molar-refractivity contribution is -0.123. The van der Waals surface area contributed by atoms with Crippen molar-refractivity contribution in [1.29, 1.82) is 0 Å². The topological polar surface area (TPSA) is 93.2 Å². The van der Waals surface area contributed by atoms with E-state index in [1.165, 1.54) is 11.3 Å². The molecule has 0 saturated heterocycles. The van der Waals surface area contributed by atoms with E-state index >= 15 is 0 Å². The maximum absolute atomic E-state index is 12.3. The normalized spacial score (nSPS) is 12.1. The number of halogens is 3. The van der Waals surface area contributed by atoms with Gasteiger partial charge in [0.25, 0.3) is 9.84 Å². The van der Waals surface area contributed by atoms with Gasteiger partial charge in [0.05, 0.1) is 23.2 Å². The molecule has 0 radical (unpaired) electrons. The van der Waals surface area contributed by atoms with E-state index in [0.717, 1.165) is 15.8 Å². The fourth-order valence-corrected chi connectivity index (χ4v) is 4.29. The van der Waals surface area contributed by atoms with Crippen molar-refractivity contribution in [2.24, 2.45) is 0 Å². The van der Waals surface area contributed by atoms with Crippen molar-refractivity contribution in [1.82, 2.24) is 10.3 Å². The lowest BCUT2D eigenvalue weighted by Crippen LogP contribution is -2.37. The van der Waals surface area contributed by atoms with Crippen LogP contribution in [0, 0.1) is 0 Å². The number of ketones is 1. The number of Topliss-reactive ketones (excluding diaryl/α,β-unsaturated/α-hetero) is 1. The lowest BCUT2D eigenvalue weighted by Gasteiger charge is -2.07. The zero-order valence-electron chi connectivity index (χ0n) is 15.3. The molecule has 0 atom stereocenters. The fourth-order valence-electron chi connectivity index (χ4n) is 2.60. The second-order valence-corrected chi connectivity index (χ2v) is 9.45. The molecule has 1 N–H and O–H groups in total. The summed E-state index contributed by atoms with van der Waals surface area (Å²) in [7, 11) is -5.56. The number of fused-ring (bicyclic) bond motifs is 1. The number of benzene rings is 2. The second kappa shape index (κ2) is 8.52. The SMILES string of the molecule is O=C(CNC(=O)Cc1nc2ccc(-c3ccccc3)cc2s1)CS(=O)(=O)C(F)(F)F. The molecule has 1 amide bonds. The first-order valence-corrected chi connectivity index (χ1v) is 11.0. The molecule has 3 rings (SSSR count). The molecule has 3 aromatic rings. The number of carbonyl (C=O) groups is 2. The van der Waals surface area contributed by atoms with E-state index in [-0.39, 0.29) is 6.42 Å². The van der Waals surface area contributed by atoms with Gasteiger partial charge in [0.15, 0.2) is 5.78 Å². The summed E-state index contributed by atoms with van der Waals surface area (Å²) in [5, 5.41) is 2.59. The summed E-state index contributed by atoms with van der Waals surface area (Å²) in [5.41, 5.74) is -2.81. The van der Waals surface area contributed by atoms with Crippen molar-refractivity contribution < 1.29 is 31.2 Å². The zero-order valence-corrected chi connectivity index (χ0v) is 16.9. The van der Waals surface area contributed by atoms with Crippen LogP contribution >= 0.6 is 11.3 Å². The first kappa shape index (κ1) is 21.9. The van der Waals surface area contributed by atoms with E-state index in [2.05, 4.69) is 10.3 Å². The van der Waals surface area contributed by atoms with Crippen LogP contribution in [0.2, 0.25) is 0 Å². The van der Waals surface area contributed by atoms with Gasteiger partial charge < -0.3 is 5.32 Å². The number of amides is 1. The van der Waals surface area contributed by atoms with Crippen LogP contribution in [-0.4, -0.2) is 42.9 Å². The number of rotatable bonds is 7. The Balaban J connectivity index is 1.61. The van der Waals surface area contributed by atoms with Crippen LogP contribution in [0.1, 0.15) is 5.01 Å². The van der Waals surface area contributed by atoms with Gasteiger partial charge in [-0.15, -0.1) is 11.3 Å². The third-order valence-corrected chi connectivity index (χ3v) is 6.46. The molecule has 2 aromatic carbocycles. The van der Waals surface area contributed by atoms with E-state index in [4.69, 9.17) is 0 Å². The number of sulfone groups is 1. The Labute approximate surface area is 173 Å². The first-order valence-electron chi connectivity index (χ1n) is 8.57. The van der Waals surface area contributed by atoms with Gasteiger partial charge in [-0.2, -0.15) is 13.2 Å². The largest absolute Gasteiger partial charge is 0.497 e. The highest BCUT2D eigenvalue weighted by Gasteiger charge is 2.46. The number of nitrogens with zero attached hydrogens (tertiary/aromatic N) is 1. The minimum atomic E-state index is -5.56. The number of hydrogen-bond acceptors (Lipinski definition) is 6. The van der Waals surface area contributed by atoms with Crippen LogP contribution < -0.4 is 5.32 Å². The molecule has 6 nitrogen and oxygen atoms in total. The Morgan fingerprint density at radius 1 is 1.03 bits per heavy atom. The summed E-state index contributed by atoms with van der Waals surface area (Å²) in [5.74, 6) is -3.60. The van der Waals surface area contributed by atoms with Crippen molar-refractivity contribution in [3.63, 3.8) is 0 Å². The predicted octanol–water partition coefficient (Wildman–Crippen LogP) is 3.13. The standard InChI is InChI=1S/C19H15F3N2O4S2/c20-19(21,22)30(27,28)11-14(25)10-23-17(26)9-18-24-15-7-6-13(8-16(15)29-18)12-4-2-1-3-5-12/h1-8H,9-11H2,(H,23,26). The number of thiazole rings is 1. The van der Waals surface area contributed by atoms with Gasteiger partial charge in [-0.3, -0.25) is 9.59 Å². The number of carbonyl (C=O) groups excluding carboxylic acids is 2. The summed E-state index contributed by atoms with van der Waals surface area (Å²) in [6.07, 6.45) is -0.181. The summed E-state index contributed by atoms with van der Waals surface area (Å²) < 4.78 is 59.6. The molecule has 0 fully saturated rings. The van der Waals surface area contributed by atoms with Crippen molar-refractivity contribution in [2.45, 2.75) is 11.9 Å². The lowest BCUT2D eigenvalue weighted by atomic mass is 10.1. The van der Waals surface area contributed by atoms with E-state index in [9.17, 15) is 31.2 Å². The van der Waals surface area contributed by atoms with Gasteiger partial charge in [0, 0.05) is 0 Å². The number of nitrogens with one attached hydrogen (secondary N) is 1. The predicted molar refractivity (Wildman–Crippen MR) is 107 cm³/mol. The molecule has 158 valence electrons. The summed E-state index contributed by atoms with van der Waals surface area (Å²) in [4.78, 5) is 27.8. The number of alkyl halides is 3. The Morgan fingerprint density at radius 3 is 2.40 bits per heavy atom. The number of hydrogen-bond donors (Lipinski definition) is 1. The van der Waals surface area contributed by atoms with Crippen molar-refractivity contribution in [3.8, 4) is 11.1 Å². The van der Waals surface area contributed by atoms with Crippen molar-refractivity contribution >= 4 is 43.1 Å². The van der Waals surface area contributed by atoms with Gasteiger partial charge in [-0.05, 0) is 23.3 Å². The summed E-state index contributed by atoms with van der Waals surface area (Å²) in [6.45, 7) is -0.808. The molecular weight excluding hydrogens is 441 g/mol. The third kappa shape index (κ3) is 5.22. The van der Waals surface area contributed by atoms with Crippen molar-refractivity contribution in [3.05, 3.63) is 53.5 Å². The number of aromatic nitrogens is 1. The molecule has 0 saturated carbocycles. The average molecular weight is 456 g/mol. The third-order valence-electron chi connectivity index (χ3n) is 4.04. The van der Waals surface area contributed by atoms with E-state index in [1.807, 2.05) is 48.5 Å². The van der Waals surface area contributed by atoms with E-state index in [1.54, 1.807) is 0 Å². The molecule has 0 aliphatic heterocycles. The van der Waals surface area contributed by atoms with Crippen molar-refractivity contribution in [2.75, 3.05) is 12.3 Å². The first-order chi connectivity index (χ1) is 14.0. The summed E-state index contributed by atoms with van der Waals surface area (Å²) in [6, 6.07) is 15.3. The fraction of sp³-hybridized carbons (Fsp3) is 0.211. The maximum Gasteiger partial charge on any atom is 0.497 e. The maximum atomic E-state index is 12.3. The molecule has 30 heavy (non-hydrogen) atoms. The van der Waals surface area contributed by atoms with E-state index < -0.39 is 39.3 Å². The van der Waals surface area contributed by atoms with Crippen LogP contribution in [0.3, 0.4) is 0 Å². The molecule has 0 unspecified atom stereocenters. The Kier molecular flexibility index (Phi) is 6.22. The highest BCUT2D eigenvalue weighted by Crippen LogP contribution is 2.28. The highest BCUT2D eigenvalue weighted by atomic mass is 32.2. The minimum Gasteiger partial charge on any atom is -0.349 e. The Morgan fingerprint density at radius 2 is 1.73 bits per heavy atom. The zero-order chi connectivity index (χ0) is 21.9. The smallest absolute Gasteiger partial charge is 0.349 e. The summed E-state index contributed by atoms with van der Waals surface area (Å²) >= 11 is 1.28. The highest BCUT2D eigenvalue weighted by molar-refractivity contribution is 7.92. The molecule has 0 bridgehead atoms.